The molecule has 0 saturated carbocycles. The molecule has 1 N–H and O–H groups in total. The Morgan fingerprint density at radius 3 is 2.16 bits per heavy atom. The summed E-state index contributed by atoms with van der Waals surface area (Å²) in [5.41, 5.74) is 6.48. The summed E-state index contributed by atoms with van der Waals surface area (Å²) >= 11 is 0. The van der Waals surface area contributed by atoms with Crippen molar-refractivity contribution < 1.29 is 19.4 Å². The van der Waals surface area contributed by atoms with Crippen LogP contribution < -0.4 is 14.5 Å². The van der Waals surface area contributed by atoms with Gasteiger partial charge in [-0.25, -0.2) is 0 Å². The van der Waals surface area contributed by atoms with Crippen LogP contribution in [0.4, 0.5) is 11.4 Å². The Hall–Kier alpha value is -4.06. The molecule has 1 heterocycles. The first kappa shape index (κ1) is 27.0. The number of aliphatic hydroxyl groups is 1. The van der Waals surface area contributed by atoms with Crippen molar-refractivity contribution in [2.75, 3.05) is 30.0 Å². The smallest absolute Gasteiger partial charge is 0.300 e. The zero-order valence-corrected chi connectivity index (χ0v) is 23.3. The average molecular weight is 513 g/mol. The fourth-order valence-electron chi connectivity index (χ4n) is 5.24. The molecule has 3 aromatic carbocycles. The molecular formula is C32H36N2O4. The number of Topliss-reactive ketones (excluding diaryl/α,β-unsaturated/α-hetero) is 1. The molecule has 6 nitrogen and oxygen atoms in total. The number of carbonyl (C=O) groups excluding carboxylic acids is 2. The highest BCUT2D eigenvalue weighted by molar-refractivity contribution is 6.51. The van der Waals surface area contributed by atoms with E-state index in [-0.39, 0.29) is 11.3 Å². The lowest BCUT2D eigenvalue weighted by Crippen LogP contribution is -2.30. The number of benzene rings is 3. The molecule has 1 saturated heterocycles. The fourth-order valence-corrected chi connectivity index (χ4v) is 5.24. The molecule has 1 fully saturated rings. The topological polar surface area (TPSA) is 70.1 Å². The first-order valence-electron chi connectivity index (χ1n) is 13.0. The van der Waals surface area contributed by atoms with E-state index < -0.39 is 17.7 Å². The SMILES string of the molecule is CCN(CC)c1ccc(C2/C(=C(\O)c3cc(C)c(OC)cc3C)C(=O)C(=O)N2c2cc(C)ccc2C)cc1. The zero-order chi connectivity index (χ0) is 27.7. The molecule has 198 valence electrons. The van der Waals surface area contributed by atoms with Crippen molar-refractivity contribution in [1.29, 1.82) is 0 Å². The van der Waals surface area contributed by atoms with E-state index in [4.69, 9.17) is 4.74 Å². The van der Waals surface area contributed by atoms with E-state index in [1.54, 1.807) is 13.2 Å². The molecule has 0 aromatic heterocycles. The van der Waals surface area contributed by atoms with Gasteiger partial charge in [0.05, 0.1) is 18.7 Å². The lowest BCUT2D eigenvalue weighted by molar-refractivity contribution is -0.132. The summed E-state index contributed by atoms with van der Waals surface area (Å²) in [5, 5.41) is 11.6. The van der Waals surface area contributed by atoms with Crippen molar-refractivity contribution in [3.63, 3.8) is 0 Å². The third kappa shape index (κ3) is 4.67. The molecule has 0 radical (unpaired) electrons. The summed E-state index contributed by atoms with van der Waals surface area (Å²) in [6.07, 6.45) is 0. The minimum absolute atomic E-state index is 0.0826. The fraction of sp³-hybridized carbons (Fsp3) is 0.312. The number of aliphatic hydroxyl groups excluding tert-OH is 1. The van der Waals surface area contributed by atoms with Crippen LogP contribution >= 0.6 is 0 Å². The molecule has 0 aliphatic carbocycles. The monoisotopic (exact) mass is 512 g/mol. The van der Waals surface area contributed by atoms with Crippen molar-refractivity contribution in [1.82, 2.24) is 0 Å². The lowest BCUT2D eigenvalue weighted by Gasteiger charge is -2.28. The first-order chi connectivity index (χ1) is 18.1. The number of carbonyl (C=O) groups is 2. The van der Waals surface area contributed by atoms with Crippen LogP contribution in [0.15, 0.2) is 60.2 Å². The summed E-state index contributed by atoms with van der Waals surface area (Å²) in [7, 11) is 1.60. The highest BCUT2D eigenvalue weighted by Gasteiger charge is 2.47. The van der Waals surface area contributed by atoms with Crippen LogP contribution in [0, 0.1) is 27.7 Å². The third-order valence-electron chi connectivity index (χ3n) is 7.40. The molecule has 1 amide bonds. The number of hydrogen-bond donors (Lipinski definition) is 1. The molecule has 1 aliphatic heterocycles. The Morgan fingerprint density at radius 2 is 1.55 bits per heavy atom. The Kier molecular flexibility index (Phi) is 7.63. The van der Waals surface area contributed by atoms with Gasteiger partial charge in [0.2, 0.25) is 0 Å². The number of amides is 1. The van der Waals surface area contributed by atoms with Crippen LogP contribution in [-0.4, -0.2) is 37.0 Å². The molecule has 3 aromatic rings. The van der Waals surface area contributed by atoms with E-state index >= 15 is 0 Å². The van der Waals surface area contributed by atoms with Crippen LogP contribution in [0.2, 0.25) is 0 Å². The zero-order valence-electron chi connectivity index (χ0n) is 23.3. The number of anilines is 2. The predicted octanol–water partition coefficient (Wildman–Crippen LogP) is 6.40. The van der Waals surface area contributed by atoms with E-state index in [9.17, 15) is 14.7 Å². The summed E-state index contributed by atoms with van der Waals surface area (Å²) in [6.45, 7) is 13.6. The Labute approximate surface area is 225 Å². The molecule has 4 rings (SSSR count). The normalized spacial score (nSPS) is 16.7. The second-order valence-corrected chi connectivity index (χ2v) is 9.86. The van der Waals surface area contributed by atoms with Gasteiger partial charge in [-0.15, -0.1) is 0 Å². The van der Waals surface area contributed by atoms with Crippen LogP contribution in [-0.2, 0) is 9.59 Å². The Morgan fingerprint density at radius 1 is 0.895 bits per heavy atom. The molecule has 1 aliphatic rings. The molecule has 1 unspecified atom stereocenters. The summed E-state index contributed by atoms with van der Waals surface area (Å²) < 4.78 is 5.43. The number of hydrogen-bond acceptors (Lipinski definition) is 5. The summed E-state index contributed by atoms with van der Waals surface area (Å²) in [4.78, 5) is 31.0. The molecular weight excluding hydrogens is 476 g/mol. The molecule has 1 atom stereocenters. The lowest BCUT2D eigenvalue weighted by atomic mass is 9.92. The van der Waals surface area contributed by atoms with Gasteiger partial charge in [0, 0.05) is 30.0 Å². The third-order valence-corrected chi connectivity index (χ3v) is 7.40. The van der Waals surface area contributed by atoms with Crippen LogP contribution in [0.25, 0.3) is 5.76 Å². The van der Waals surface area contributed by atoms with Gasteiger partial charge in [0.1, 0.15) is 11.5 Å². The van der Waals surface area contributed by atoms with Crippen molar-refractivity contribution in [2.45, 2.75) is 47.6 Å². The summed E-state index contributed by atoms with van der Waals surface area (Å²) in [6, 6.07) is 16.6. The predicted molar refractivity (Wildman–Crippen MR) is 153 cm³/mol. The van der Waals surface area contributed by atoms with E-state index in [0.717, 1.165) is 46.6 Å². The van der Waals surface area contributed by atoms with E-state index in [1.807, 2.05) is 76.2 Å². The van der Waals surface area contributed by atoms with E-state index in [1.165, 1.54) is 4.90 Å². The number of nitrogens with zero attached hydrogens (tertiary/aromatic N) is 2. The van der Waals surface area contributed by atoms with Gasteiger partial charge in [0.25, 0.3) is 11.7 Å². The van der Waals surface area contributed by atoms with Crippen molar-refractivity contribution in [3.05, 3.63) is 93.6 Å². The quantitative estimate of drug-likeness (QED) is 0.225. The molecule has 0 bridgehead atoms. The van der Waals surface area contributed by atoms with Gasteiger partial charge in [-0.3, -0.25) is 14.5 Å². The minimum Gasteiger partial charge on any atom is -0.507 e. The van der Waals surface area contributed by atoms with E-state index in [2.05, 4.69) is 18.7 Å². The maximum Gasteiger partial charge on any atom is 0.300 e. The second-order valence-electron chi connectivity index (χ2n) is 9.86. The molecule has 38 heavy (non-hydrogen) atoms. The maximum absolute atomic E-state index is 13.6. The Bertz CT molecular complexity index is 1420. The van der Waals surface area contributed by atoms with Crippen molar-refractivity contribution >= 4 is 28.8 Å². The average Bonchev–Trinajstić information content (AvgIpc) is 3.17. The maximum atomic E-state index is 13.6. The van der Waals surface area contributed by atoms with E-state index in [0.29, 0.717) is 17.0 Å². The second kappa shape index (κ2) is 10.7. The largest absolute Gasteiger partial charge is 0.507 e. The number of ketones is 1. The van der Waals surface area contributed by atoms with Crippen molar-refractivity contribution in [3.8, 4) is 5.75 Å². The molecule has 6 heteroatoms. The van der Waals surface area contributed by atoms with Gasteiger partial charge in [-0.05, 0) is 99.7 Å². The van der Waals surface area contributed by atoms with Gasteiger partial charge in [-0.1, -0.05) is 24.3 Å². The minimum atomic E-state index is -0.775. The standard InChI is InChI=1S/C32H36N2O4/c1-8-33(9-2)24-14-12-23(13-15-24)29-28(30(35)25-17-22(6)27(38-7)18-21(25)5)31(36)32(37)34(29)26-16-19(3)10-11-20(26)4/h10-18,29,35H,8-9H2,1-7H3/b30-28+. The Balaban J connectivity index is 1.97. The van der Waals surface area contributed by atoms with Gasteiger partial charge >= 0.3 is 0 Å². The first-order valence-corrected chi connectivity index (χ1v) is 13.0. The van der Waals surface area contributed by atoms with Gasteiger partial charge in [-0.2, -0.15) is 0 Å². The van der Waals surface area contributed by atoms with Crippen LogP contribution in [0.5, 0.6) is 5.75 Å². The van der Waals surface area contributed by atoms with Crippen LogP contribution in [0.1, 0.15) is 53.3 Å². The number of methoxy groups -OCH3 is 1. The van der Waals surface area contributed by atoms with Gasteiger partial charge in [0.15, 0.2) is 0 Å². The number of rotatable bonds is 7. The molecule has 0 spiro atoms. The van der Waals surface area contributed by atoms with Crippen molar-refractivity contribution in [2.24, 2.45) is 0 Å². The van der Waals surface area contributed by atoms with Gasteiger partial charge < -0.3 is 14.7 Å². The highest BCUT2D eigenvalue weighted by Crippen LogP contribution is 2.44. The highest BCUT2D eigenvalue weighted by atomic mass is 16.5. The van der Waals surface area contributed by atoms with Crippen LogP contribution in [0.3, 0.4) is 0 Å². The summed E-state index contributed by atoms with van der Waals surface area (Å²) in [5.74, 6) is -0.842. The number of aryl methyl sites for hydroxylation is 4. The number of ether oxygens (including phenoxy) is 1.